The Hall–Kier alpha value is -1.70. The van der Waals surface area contributed by atoms with E-state index in [1.807, 2.05) is 30.0 Å². The topological polar surface area (TPSA) is 58.6 Å². The van der Waals surface area contributed by atoms with Crippen LogP contribution < -0.4 is 14.4 Å². The number of thioether (sulfide) groups is 1. The van der Waals surface area contributed by atoms with Crippen molar-refractivity contribution < 1.29 is 13.7 Å². The minimum Gasteiger partial charge on any atom is -0.491 e. The lowest BCUT2D eigenvalue weighted by molar-refractivity contribution is -0.119. The van der Waals surface area contributed by atoms with E-state index < -0.39 is 11.0 Å². The Bertz CT molecular complexity index is 1080. The molecule has 0 fully saturated rings. The highest BCUT2D eigenvalue weighted by atomic mass is 35.5. The highest BCUT2D eigenvalue weighted by Gasteiger charge is 2.27. The van der Waals surface area contributed by atoms with E-state index in [0.717, 1.165) is 73.2 Å². The van der Waals surface area contributed by atoms with Crippen molar-refractivity contribution in [2.75, 3.05) is 36.1 Å². The standard InChI is InChI=1S/C28H37ClN2O3S2/c1-3-6-21-15-23(29)8-10-25(21)22-17-31-13-12-20(4-2)19-35-14-5-7-28(32)30-36(33)24-9-11-27(34-18-22)26(31)16-24/h8-11,15-16,20,22H,3-7,12-14,17-19H2,1-2H3,(H,30,32). The van der Waals surface area contributed by atoms with Crippen molar-refractivity contribution in [3.05, 3.63) is 52.5 Å². The Morgan fingerprint density at radius 3 is 2.89 bits per heavy atom. The number of fused-ring (bicyclic) bond motifs is 1. The molecule has 0 radical (unpaired) electrons. The molecule has 0 saturated heterocycles. The number of carbonyl (C=O) groups is 1. The summed E-state index contributed by atoms with van der Waals surface area (Å²) in [7, 11) is -1.59. The monoisotopic (exact) mass is 548 g/mol. The van der Waals surface area contributed by atoms with Gasteiger partial charge in [-0.15, -0.1) is 0 Å². The predicted molar refractivity (Wildman–Crippen MR) is 152 cm³/mol. The third-order valence-electron chi connectivity index (χ3n) is 7.07. The fraction of sp³-hybridized carbons (Fsp3) is 0.536. The molecule has 196 valence electrons. The molecular formula is C28H37ClN2O3S2. The van der Waals surface area contributed by atoms with Gasteiger partial charge in [-0.1, -0.05) is 44.4 Å². The predicted octanol–water partition coefficient (Wildman–Crippen LogP) is 6.36. The number of nitrogens with zero attached hydrogens (tertiary/aromatic N) is 1. The third kappa shape index (κ3) is 6.99. The number of amides is 1. The molecule has 0 aromatic heterocycles. The van der Waals surface area contributed by atoms with Crippen molar-refractivity contribution >= 4 is 45.9 Å². The highest BCUT2D eigenvalue weighted by Crippen LogP contribution is 2.38. The number of rotatable bonds is 4. The minimum absolute atomic E-state index is 0.162. The average Bonchev–Trinajstić information content (AvgIpc) is 3.04. The molecule has 2 heterocycles. The van der Waals surface area contributed by atoms with Crippen molar-refractivity contribution in [1.29, 1.82) is 0 Å². The fourth-order valence-corrected chi connectivity index (χ4v) is 7.27. The fourth-order valence-electron chi connectivity index (χ4n) is 4.99. The van der Waals surface area contributed by atoms with E-state index in [-0.39, 0.29) is 11.8 Å². The summed E-state index contributed by atoms with van der Waals surface area (Å²) in [5.74, 6) is 3.50. The molecule has 2 aliphatic heterocycles. The van der Waals surface area contributed by atoms with Crippen LogP contribution in [0.5, 0.6) is 5.75 Å². The zero-order valence-electron chi connectivity index (χ0n) is 21.3. The van der Waals surface area contributed by atoms with Crippen LogP contribution in [0.15, 0.2) is 41.3 Å². The van der Waals surface area contributed by atoms with Crippen LogP contribution in [0.1, 0.15) is 63.0 Å². The SMILES string of the molecule is CCCc1cc(Cl)ccc1C1COc2ccc3cc2N(CCC(CC)CSCCCC(=O)NS3=O)C1. The van der Waals surface area contributed by atoms with Gasteiger partial charge >= 0.3 is 0 Å². The number of aryl methyl sites for hydroxylation is 1. The Morgan fingerprint density at radius 1 is 1.22 bits per heavy atom. The number of ether oxygens (including phenoxy) is 1. The van der Waals surface area contributed by atoms with Gasteiger partial charge in [-0.3, -0.25) is 9.52 Å². The van der Waals surface area contributed by atoms with E-state index in [2.05, 4.69) is 35.6 Å². The molecule has 36 heavy (non-hydrogen) atoms. The quantitative estimate of drug-likeness (QED) is 0.482. The molecule has 4 rings (SSSR count). The molecule has 3 unspecified atom stereocenters. The summed E-state index contributed by atoms with van der Waals surface area (Å²) >= 11 is 8.28. The Kier molecular flexibility index (Phi) is 10.0. The Labute approximate surface area is 227 Å². The van der Waals surface area contributed by atoms with Crippen molar-refractivity contribution in [2.45, 2.75) is 63.2 Å². The molecule has 2 aromatic carbocycles. The summed E-state index contributed by atoms with van der Waals surface area (Å²) < 4.78 is 22.0. The van der Waals surface area contributed by atoms with Gasteiger partial charge in [0.1, 0.15) is 5.75 Å². The van der Waals surface area contributed by atoms with Gasteiger partial charge in [0.05, 0.1) is 17.2 Å². The van der Waals surface area contributed by atoms with Crippen molar-refractivity contribution in [2.24, 2.45) is 5.92 Å². The smallest absolute Gasteiger partial charge is 0.231 e. The van der Waals surface area contributed by atoms with Crippen LogP contribution in [0, 0.1) is 5.92 Å². The van der Waals surface area contributed by atoms with E-state index >= 15 is 0 Å². The first-order valence-corrected chi connectivity index (χ1v) is 15.8. The maximum absolute atomic E-state index is 13.0. The first-order valence-electron chi connectivity index (χ1n) is 13.1. The molecule has 8 heteroatoms. The molecule has 3 atom stereocenters. The normalized spacial score (nSPS) is 23.6. The number of halogens is 1. The number of benzene rings is 2. The zero-order valence-corrected chi connectivity index (χ0v) is 23.7. The second-order valence-electron chi connectivity index (χ2n) is 9.71. The van der Waals surface area contributed by atoms with Gasteiger partial charge in [0.25, 0.3) is 0 Å². The minimum atomic E-state index is -1.59. The molecule has 2 aliphatic rings. The molecule has 1 amide bonds. The van der Waals surface area contributed by atoms with E-state index in [0.29, 0.717) is 23.8 Å². The molecular weight excluding hydrogens is 512 g/mol. The van der Waals surface area contributed by atoms with Gasteiger partial charge in [0.15, 0.2) is 11.0 Å². The van der Waals surface area contributed by atoms with Gasteiger partial charge in [0, 0.05) is 30.5 Å². The van der Waals surface area contributed by atoms with Gasteiger partial charge < -0.3 is 9.64 Å². The lowest BCUT2D eigenvalue weighted by Crippen LogP contribution is -2.31. The average molecular weight is 549 g/mol. The summed E-state index contributed by atoms with van der Waals surface area (Å²) in [6, 6.07) is 11.9. The first-order chi connectivity index (χ1) is 17.5. The van der Waals surface area contributed by atoms with Crippen molar-refractivity contribution in [3.8, 4) is 5.75 Å². The molecule has 0 aliphatic carbocycles. The highest BCUT2D eigenvalue weighted by molar-refractivity contribution is 7.99. The summed E-state index contributed by atoms with van der Waals surface area (Å²) in [6.07, 6.45) is 5.47. The van der Waals surface area contributed by atoms with E-state index in [4.69, 9.17) is 16.3 Å². The molecule has 0 spiro atoms. The summed E-state index contributed by atoms with van der Waals surface area (Å²) in [5.41, 5.74) is 3.54. The van der Waals surface area contributed by atoms with E-state index in [9.17, 15) is 9.00 Å². The number of carbonyl (C=O) groups excluding carboxylic acids is 1. The van der Waals surface area contributed by atoms with Gasteiger partial charge in [-0.05, 0) is 78.1 Å². The van der Waals surface area contributed by atoms with Crippen LogP contribution in [-0.2, 0) is 22.2 Å². The van der Waals surface area contributed by atoms with Crippen LogP contribution in [0.3, 0.4) is 0 Å². The maximum atomic E-state index is 13.0. The number of hydrogen-bond acceptors (Lipinski definition) is 5. The third-order valence-corrected chi connectivity index (χ3v) is 9.68. The molecule has 1 N–H and O–H groups in total. The van der Waals surface area contributed by atoms with Crippen LogP contribution in [0.4, 0.5) is 5.69 Å². The molecule has 0 saturated carbocycles. The summed E-state index contributed by atoms with van der Waals surface area (Å²) in [5, 5.41) is 0.770. The molecule has 2 aromatic rings. The van der Waals surface area contributed by atoms with Gasteiger partial charge in [-0.2, -0.15) is 11.8 Å². The Morgan fingerprint density at radius 2 is 2.08 bits per heavy atom. The van der Waals surface area contributed by atoms with Crippen LogP contribution in [0.25, 0.3) is 0 Å². The Balaban J connectivity index is 1.68. The number of anilines is 1. The summed E-state index contributed by atoms with van der Waals surface area (Å²) in [6.45, 7) is 6.76. The molecule has 5 nitrogen and oxygen atoms in total. The van der Waals surface area contributed by atoms with Crippen molar-refractivity contribution in [3.63, 3.8) is 0 Å². The van der Waals surface area contributed by atoms with Gasteiger partial charge in [0.2, 0.25) is 5.91 Å². The number of hydrogen-bond donors (Lipinski definition) is 1. The second-order valence-corrected chi connectivity index (χ2v) is 12.5. The maximum Gasteiger partial charge on any atom is 0.231 e. The number of nitrogens with one attached hydrogen (secondary N) is 1. The van der Waals surface area contributed by atoms with Crippen LogP contribution in [-0.4, -0.2) is 41.3 Å². The van der Waals surface area contributed by atoms with Crippen molar-refractivity contribution in [1.82, 2.24) is 4.72 Å². The van der Waals surface area contributed by atoms with E-state index in [1.54, 1.807) is 6.07 Å². The summed E-state index contributed by atoms with van der Waals surface area (Å²) in [4.78, 5) is 15.4. The largest absolute Gasteiger partial charge is 0.491 e. The van der Waals surface area contributed by atoms with Crippen LogP contribution >= 0.6 is 23.4 Å². The molecule has 2 bridgehead atoms. The van der Waals surface area contributed by atoms with Crippen LogP contribution in [0.2, 0.25) is 5.02 Å². The van der Waals surface area contributed by atoms with E-state index in [1.165, 1.54) is 11.1 Å². The first kappa shape index (κ1) is 27.3. The lowest BCUT2D eigenvalue weighted by Gasteiger charge is -2.29. The zero-order chi connectivity index (χ0) is 25.5. The van der Waals surface area contributed by atoms with Gasteiger partial charge in [-0.25, -0.2) is 4.21 Å². The lowest BCUT2D eigenvalue weighted by atomic mass is 9.92. The second kappa shape index (κ2) is 13.2.